The average molecular weight is 325 g/mol. The van der Waals surface area contributed by atoms with E-state index in [9.17, 15) is 18.0 Å². The lowest BCUT2D eigenvalue weighted by Crippen LogP contribution is -2.34. The second-order valence-electron chi connectivity index (χ2n) is 6.01. The fourth-order valence-electron chi connectivity index (χ4n) is 2.84. The second-order valence-corrected chi connectivity index (χ2v) is 6.01. The Morgan fingerprint density at radius 3 is 2.39 bits per heavy atom. The molecular formula is C18H22F3NO. The zero-order chi connectivity index (χ0) is 16.7. The van der Waals surface area contributed by atoms with Crippen LogP contribution in [-0.4, -0.2) is 11.9 Å². The van der Waals surface area contributed by atoms with E-state index in [2.05, 4.69) is 5.32 Å². The lowest BCUT2D eigenvalue weighted by Gasteiger charge is -2.20. The fraction of sp³-hybridized carbons (Fsp3) is 0.500. The number of carbonyl (C=O) groups is 1. The number of carbonyl (C=O) groups excluding carboxylic acids is 1. The minimum atomic E-state index is -4.37. The van der Waals surface area contributed by atoms with Crippen LogP contribution in [0, 0.1) is 0 Å². The van der Waals surface area contributed by atoms with Crippen LogP contribution in [0.25, 0.3) is 6.08 Å². The van der Waals surface area contributed by atoms with Crippen molar-refractivity contribution in [2.24, 2.45) is 0 Å². The molecule has 0 aliphatic heterocycles. The zero-order valence-corrected chi connectivity index (χ0v) is 13.0. The van der Waals surface area contributed by atoms with Crippen LogP contribution in [0.3, 0.4) is 0 Å². The molecule has 1 aliphatic carbocycles. The lowest BCUT2D eigenvalue weighted by atomic mass is 9.97. The molecule has 1 saturated carbocycles. The number of hydrogen-bond acceptors (Lipinski definition) is 1. The molecule has 1 aliphatic rings. The van der Waals surface area contributed by atoms with E-state index in [1.54, 1.807) is 6.07 Å². The first-order valence-corrected chi connectivity index (χ1v) is 8.11. The monoisotopic (exact) mass is 325 g/mol. The van der Waals surface area contributed by atoms with Gasteiger partial charge in [-0.2, -0.15) is 13.2 Å². The third-order valence-electron chi connectivity index (χ3n) is 4.09. The molecule has 5 heteroatoms. The summed E-state index contributed by atoms with van der Waals surface area (Å²) in [5, 5.41) is 2.95. The highest BCUT2D eigenvalue weighted by molar-refractivity contribution is 5.91. The highest BCUT2D eigenvalue weighted by Gasteiger charge is 2.30. The van der Waals surface area contributed by atoms with Crippen molar-refractivity contribution in [2.75, 3.05) is 0 Å². The normalized spacial score (nSPS) is 17.7. The third-order valence-corrected chi connectivity index (χ3v) is 4.09. The third kappa shape index (κ3) is 6.08. The van der Waals surface area contributed by atoms with Gasteiger partial charge in [0.25, 0.3) is 0 Å². The summed E-state index contributed by atoms with van der Waals surface area (Å²) in [5.41, 5.74) is -0.340. The Morgan fingerprint density at radius 2 is 1.74 bits per heavy atom. The number of alkyl halides is 3. The number of nitrogens with one attached hydrogen (secondary N) is 1. The molecule has 1 aromatic carbocycles. The van der Waals surface area contributed by atoms with Crippen molar-refractivity contribution in [1.82, 2.24) is 5.32 Å². The minimum absolute atomic E-state index is 0.175. The molecular weight excluding hydrogens is 303 g/mol. The standard InChI is InChI=1S/C18H22F3NO/c19-18(20,21)15-8-6-7-14(13-15)11-12-17(23)22-16-9-4-2-1-3-5-10-16/h6-8,11-13,16H,1-5,9-10H2,(H,22,23). The number of halogens is 3. The van der Waals surface area contributed by atoms with Crippen LogP contribution in [0.1, 0.15) is 56.1 Å². The van der Waals surface area contributed by atoms with Crippen molar-refractivity contribution in [3.05, 3.63) is 41.5 Å². The summed E-state index contributed by atoms with van der Waals surface area (Å²) in [6.45, 7) is 0. The molecule has 2 nitrogen and oxygen atoms in total. The van der Waals surface area contributed by atoms with Crippen molar-refractivity contribution < 1.29 is 18.0 Å². The molecule has 0 saturated heterocycles. The first kappa shape index (κ1) is 17.6. The number of hydrogen-bond donors (Lipinski definition) is 1. The van der Waals surface area contributed by atoms with E-state index in [-0.39, 0.29) is 11.9 Å². The van der Waals surface area contributed by atoms with Gasteiger partial charge in [0.15, 0.2) is 0 Å². The molecule has 0 unspecified atom stereocenters. The van der Waals surface area contributed by atoms with Crippen LogP contribution in [0.5, 0.6) is 0 Å². The molecule has 0 spiro atoms. The molecule has 126 valence electrons. The van der Waals surface area contributed by atoms with Crippen molar-refractivity contribution >= 4 is 12.0 Å². The zero-order valence-electron chi connectivity index (χ0n) is 13.0. The number of benzene rings is 1. The second kappa shape index (κ2) is 8.18. The maximum atomic E-state index is 12.6. The summed E-state index contributed by atoms with van der Waals surface area (Å²) >= 11 is 0. The maximum absolute atomic E-state index is 12.6. The van der Waals surface area contributed by atoms with E-state index in [0.717, 1.165) is 37.8 Å². The van der Waals surface area contributed by atoms with Gasteiger partial charge in [0.05, 0.1) is 5.56 Å². The van der Waals surface area contributed by atoms with Gasteiger partial charge in [-0.1, -0.05) is 44.2 Å². The first-order chi connectivity index (χ1) is 10.9. The molecule has 2 rings (SSSR count). The van der Waals surface area contributed by atoms with Gasteiger partial charge in [0.2, 0.25) is 5.91 Å². The maximum Gasteiger partial charge on any atom is 0.416 e. The molecule has 0 atom stereocenters. The molecule has 0 radical (unpaired) electrons. The largest absolute Gasteiger partial charge is 0.416 e. The van der Waals surface area contributed by atoms with E-state index < -0.39 is 11.7 Å². The van der Waals surface area contributed by atoms with Gasteiger partial charge in [-0.15, -0.1) is 0 Å². The molecule has 0 aromatic heterocycles. The molecule has 23 heavy (non-hydrogen) atoms. The van der Waals surface area contributed by atoms with Gasteiger partial charge >= 0.3 is 6.18 Å². The number of amides is 1. The molecule has 0 heterocycles. The molecule has 1 fully saturated rings. The summed E-state index contributed by atoms with van der Waals surface area (Å²) in [6, 6.07) is 5.13. The Labute approximate surface area is 134 Å². The van der Waals surface area contributed by atoms with Crippen LogP contribution in [0.4, 0.5) is 13.2 Å². The quantitative estimate of drug-likeness (QED) is 0.783. The summed E-state index contributed by atoms with van der Waals surface area (Å²) in [6.07, 6.45) is 6.21. The van der Waals surface area contributed by atoms with Crippen LogP contribution < -0.4 is 5.32 Å². The summed E-state index contributed by atoms with van der Waals surface area (Å²) < 4.78 is 37.9. The summed E-state index contributed by atoms with van der Waals surface area (Å²) in [7, 11) is 0. The van der Waals surface area contributed by atoms with Gasteiger partial charge in [0.1, 0.15) is 0 Å². The minimum Gasteiger partial charge on any atom is -0.350 e. The predicted molar refractivity (Wildman–Crippen MR) is 84.7 cm³/mol. The Hall–Kier alpha value is -1.78. The highest BCUT2D eigenvalue weighted by Crippen LogP contribution is 2.29. The van der Waals surface area contributed by atoms with E-state index in [1.165, 1.54) is 37.5 Å². The SMILES string of the molecule is O=C(C=Cc1cccc(C(F)(F)F)c1)NC1CCCCCCC1. The van der Waals surface area contributed by atoms with Gasteiger partial charge in [-0.3, -0.25) is 4.79 Å². The molecule has 0 bridgehead atoms. The van der Waals surface area contributed by atoms with Crippen molar-refractivity contribution in [3.63, 3.8) is 0 Å². The van der Waals surface area contributed by atoms with Crippen LogP contribution in [-0.2, 0) is 11.0 Å². The summed E-state index contributed by atoms with van der Waals surface area (Å²) in [5.74, 6) is -0.243. The Morgan fingerprint density at radius 1 is 1.09 bits per heavy atom. The average Bonchev–Trinajstić information content (AvgIpc) is 2.47. The van der Waals surface area contributed by atoms with E-state index >= 15 is 0 Å². The van der Waals surface area contributed by atoms with Crippen LogP contribution >= 0.6 is 0 Å². The van der Waals surface area contributed by atoms with E-state index in [4.69, 9.17) is 0 Å². The molecule has 1 N–H and O–H groups in total. The van der Waals surface area contributed by atoms with Gasteiger partial charge in [-0.05, 0) is 36.6 Å². The van der Waals surface area contributed by atoms with Crippen molar-refractivity contribution in [1.29, 1.82) is 0 Å². The van der Waals surface area contributed by atoms with Gasteiger partial charge in [-0.25, -0.2) is 0 Å². The predicted octanol–water partition coefficient (Wildman–Crippen LogP) is 4.95. The lowest BCUT2D eigenvalue weighted by molar-refractivity contribution is -0.137. The molecule has 1 amide bonds. The van der Waals surface area contributed by atoms with Crippen LogP contribution in [0.2, 0.25) is 0 Å². The van der Waals surface area contributed by atoms with E-state index in [1.807, 2.05) is 0 Å². The first-order valence-electron chi connectivity index (χ1n) is 8.11. The smallest absolute Gasteiger partial charge is 0.350 e. The van der Waals surface area contributed by atoms with Crippen molar-refractivity contribution in [3.8, 4) is 0 Å². The van der Waals surface area contributed by atoms with Crippen molar-refractivity contribution in [2.45, 2.75) is 57.2 Å². The van der Waals surface area contributed by atoms with Crippen LogP contribution in [0.15, 0.2) is 30.3 Å². The Kier molecular flexibility index (Phi) is 6.25. The van der Waals surface area contributed by atoms with E-state index in [0.29, 0.717) is 5.56 Å². The Balaban J connectivity index is 1.92. The fourth-order valence-corrected chi connectivity index (χ4v) is 2.84. The molecule has 1 aromatic rings. The topological polar surface area (TPSA) is 29.1 Å². The summed E-state index contributed by atoms with van der Waals surface area (Å²) in [4.78, 5) is 11.9. The Bertz CT molecular complexity index is 543. The number of rotatable bonds is 3. The highest BCUT2D eigenvalue weighted by atomic mass is 19.4. The van der Waals surface area contributed by atoms with Gasteiger partial charge < -0.3 is 5.32 Å². The van der Waals surface area contributed by atoms with Gasteiger partial charge in [0, 0.05) is 12.1 Å².